The molecule has 2 aliphatic heterocycles. The van der Waals surface area contributed by atoms with Gasteiger partial charge in [-0.15, -0.1) is 0 Å². The summed E-state index contributed by atoms with van der Waals surface area (Å²) in [5.74, 6) is 0.446. The van der Waals surface area contributed by atoms with Crippen molar-refractivity contribution >= 4 is 28.4 Å². The van der Waals surface area contributed by atoms with E-state index < -0.39 is 17.2 Å². The number of nitrogens with one attached hydrogen (secondary N) is 1. The third kappa shape index (κ3) is 4.01. The van der Waals surface area contributed by atoms with Crippen molar-refractivity contribution in [3.05, 3.63) is 70.5 Å². The van der Waals surface area contributed by atoms with Crippen LogP contribution in [-0.4, -0.2) is 63.2 Å². The second-order valence-electron chi connectivity index (χ2n) is 10.1. The normalized spacial score (nSPS) is 16.1. The van der Waals surface area contributed by atoms with Gasteiger partial charge in [0.05, 0.1) is 11.1 Å². The number of halogens is 1. The molecule has 3 aliphatic rings. The van der Waals surface area contributed by atoms with Gasteiger partial charge in [0.2, 0.25) is 11.4 Å². The molecular weight excluding hydrogens is 503 g/mol. The van der Waals surface area contributed by atoms with Gasteiger partial charge in [-0.1, -0.05) is 0 Å². The predicted molar refractivity (Wildman–Crippen MR) is 143 cm³/mol. The van der Waals surface area contributed by atoms with Crippen LogP contribution in [0.25, 0.3) is 16.6 Å². The number of aromatic hydroxyl groups is 1. The summed E-state index contributed by atoms with van der Waals surface area (Å²) in [5.41, 5.74) is 0.456. The fraction of sp³-hybridized carbons (Fsp3) is 0.286. The molecule has 4 aromatic rings. The summed E-state index contributed by atoms with van der Waals surface area (Å²) in [4.78, 5) is 39.5. The smallest absolute Gasteiger partial charge is 0.259 e. The zero-order valence-corrected chi connectivity index (χ0v) is 20.9. The summed E-state index contributed by atoms with van der Waals surface area (Å²) in [7, 11) is 0. The number of fused-ring (bicyclic) bond motifs is 2. The van der Waals surface area contributed by atoms with Gasteiger partial charge in [-0.3, -0.25) is 9.59 Å². The monoisotopic (exact) mass is 528 g/mol. The average molecular weight is 529 g/mol. The van der Waals surface area contributed by atoms with Gasteiger partial charge in [0.25, 0.3) is 5.91 Å². The number of amides is 1. The van der Waals surface area contributed by atoms with Gasteiger partial charge in [0.1, 0.15) is 22.5 Å². The van der Waals surface area contributed by atoms with Crippen LogP contribution < -0.4 is 20.4 Å². The van der Waals surface area contributed by atoms with Gasteiger partial charge in [-0.05, 0) is 43.0 Å². The molecule has 1 saturated heterocycles. The van der Waals surface area contributed by atoms with E-state index in [1.54, 1.807) is 34.0 Å². The molecule has 0 unspecified atom stereocenters. The first-order valence-electron chi connectivity index (χ1n) is 13.0. The van der Waals surface area contributed by atoms with E-state index >= 15 is 4.39 Å². The Bertz CT molecular complexity index is 1680. The number of nitrogens with zero attached hydrogens (tertiary/aromatic N) is 5. The van der Waals surface area contributed by atoms with Crippen LogP contribution in [0, 0.1) is 11.7 Å². The Morgan fingerprint density at radius 1 is 1.13 bits per heavy atom. The third-order valence-electron chi connectivity index (χ3n) is 7.51. The number of phenols is 1. The van der Waals surface area contributed by atoms with Crippen LogP contribution in [0.2, 0.25) is 0 Å². The molecule has 1 amide bonds. The van der Waals surface area contributed by atoms with Gasteiger partial charge in [-0.25, -0.2) is 14.4 Å². The maximum atomic E-state index is 15.5. The number of pyridine rings is 1. The SMILES string of the molecule is O=C(c1cn2c3c(c(NCC4CC4)c(F)cc3c1=O)Oc1cc(O)ccc1-2)N1CCN(c2ncccn2)CC1. The Hall–Kier alpha value is -4.67. The first kappa shape index (κ1) is 23.4. The van der Waals surface area contributed by atoms with Crippen molar-refractivity contribution in [2.24, 2.45) is 5.92 Å². The lowest BCUT2D eigenvalue weighted by atomic mass is 10.1. The molecule has 1 saturated carbocycles. The molecule has 39 heavy (non-hydrogen) atoms. The number of anilines is 2. The van der Waals surface area contributed by atoms with Crippen molar-refractivity contribution in [3.63, 3.8) is 0 Å². The van der Waals surface area contributed by atoms with Gasteiger partial charge < -0.3 is 29.5 Å². The molecule has 0 atom stereocenters. The fourth-order valence-electron chi connectivity index (χ4n) is 5.23. The second-order valence-corrected chi connectivity index (χ2v) is 10.1. The molecule has 198 valence electrons. The molecule has 0 spiro atoms. The van der Waals surface area contributed by atoms with E-state index in [9.17, 15) is 14.7 Å². The van der Waals surface area contributed by atoms with E-state index in [4.69, 9.17) is 4.74 Å². The number of benzene rings is 2. The Labute approximate surface area is 222 Å². The minimum Gasteiger partial charge on any atom is -0.508 e. The van der Waals surface area contributed by atoms with Gasteiger partial charge in [0, 0.05) is 57.4 Å². The Morgan fingerprint density at radius 3 is 2.64 bits per heavy atom. The number of piperazine rings is 1. The highest BCUT2D eigenvalue weighted by molar-refractivity contribution is 6.01. The molecule has 1 aliphatic carbocycles. The number of carbonyl (C=O) groups is 1. The molecule has 0 bridgehead atoms. The molecule has 7 rings (SSSR count). The van der Waals surface area contributed by atoms with Crippen LogP contribution in [0.15, 0.2) is 53.7 Å². The summed E-state index contributed by atoms with van der Waals surface area (Å²) in [6, 6.07) is 7.51. The van der Waals surface area contributed by atoms with Crippen molar-refractivity contribution in [3.8, 4) is 22.9 Å². The molecule has 10 nitrogen and oxygen atoms in total. The number of hydrogen-bond acceptors (Lipinski definition) is 8. The minimum atomic E-state index is -0.633. The molecule has 2 N–H and O–H groups in total. The Balaban J connectivity index is 1.30. The minimum absolute atomic E-state index is 0.0186. The molecule has 0 radical (unpaired) electrons. The van der Waals surface area contributed by atoms with E-state index in [1.807, 2.05) is 4.90 Å². The summed E-state index contributed by atoms with van der Waals surface area (Å²) in [6.07, 6.45) is 7.01. The van der Waals surface area contributed by atoms with E-state index in [1.165, 1.54) is 24.4 Å². The first-order valence-corrected chi connectivity index (χ1v) is 13.0. The molecule has 2 fully saturated rings. The van der Waals surface area contributed by atoms with Crippen LogP contribution in [-0.2, 0) is 0 Å². The third-order valence-corrected chi connectivity index (χ3v) is 7.51. The lowest BCUT2D eigenvalue weighted by molar-refractivity contribution is 0.0744. The van der Waals surface area contributed by atoms with Crippen LogP contribution in [0.3, 0.4) is 0 Å². The number of carbonyl (C=O) groups excluding carboxylic acids is 1. The molecule has 2 aromatic carbocycles. The molecule has 2 aromatic heterocycles. The van der Waals surface area contributed by atoms with Gasteiger partial charge >= 0.3 is 0 Å². The Morgan fingerprint density at radius 2 is 1.90 bits per heavy atom. The van der Waals surface area contributed by atoms with Gasteiger partial charge in [0.15, 0.2) is 17.3 Å². The number of hydrogen-bond donors (Lipinski definition) is 2. The highest BCUT2D eigenvalue weighted by Gasteiger charge is 2.32. The second kappa shape index (κ2) is 8.97. The lowest BCUT2D eigenvalue weighted by Gasteiger charge is -2.34. The van der Waals surface area contributed by atoms with Crippen molar-refractivity contribution in [1.82, 2.24) is 19.4 Å². The maximum Gasteiger partial charge on any atom is 0.259 e. The zero-order chi connectivity index (χ0) is 26.7. The van der Waals surface area contributed by atoms with Crippen molar-refractivity contribution < 1.29 is 19.0 Å². The summed E-state index contributed by atoms with van der Waals surface area (Å²) in [6.45, 7) is 2.38. The lowest BCUT2D eigenvalue weighted by Crippen LogP contribution is -2.50. The van der Waals surface area contributed by atoms with E-state index in [2.05, 4.69) is 15.3 Å². The molecule has 4 heterocycles. The highest BCUT2D eigenvalue weighted by Crippen LogP contribution is 2.46. The van der Waals surface area contributed by atoms with Crippen molar-refractivity contribution in [1.29, 1.82) is 0 Å². The number of phenolic OH excluding ortho intramolecular Hbond substituents is 1. The number of aromatic nitrogens is 3. The number of ether oxygens (including phenoxy) is 1. The summed E-state index contributed by atoms with van der Waals surface area (Å²) in [5, 5.41) is 13.3. The van der Waals surface area contributed by atoms with E-state index in [-0.39, 0.29) is 28.1 Å². The van der Waals surface area contributed by atoms with Crippen LogP contribution in [0.5, 0.6) is 17.2 Å². The van der Waals surface area contributed by atoms with Crippen LogP contribution in [0.4, 0.5) is 16.0 Å². The fourth-order valence-corrected chi connectivity index (χ4v) is 5.23. The summed E-state index contributed by atoms with van der Waals surface area (Å²) < 4.78 is 23.2. The van der Waals surface area contributed by atoms with Crippen molar-refractivity contribution in [2.75, 3.05) is 42.9 Å². The zero-order valence-electron chi connectivity index (χ0n) is 20.9. The topological polar surface area (TPSA) is 113 Å². The average Bonchev–Trinajstić information content (AvgIpc) is 3.78. The van der Waals surface area contributed by atoms with Crippen LogP contribution in [0.1, 0.15) is 23.2 Å². The number of rotatable bonds is 5. The summed E-state index contributed by atoms with van der Waals surface area (Å²) >= 11 is 0. The van der Waals surface area contributed by atoms with Crippen LogP contribution >= 0.6 is 0 Å². The van der Waals surface area contributed by atoms with E-state index in [0.717, 1.165) is 12.8 Å². The molecular formula is C28H25FN6O4. The van der Waals surface area contributed by atoms with Crippen molar-refractivity contribution in [2.45, 2.75) is 12.8 Å². The Kier molecular flexibility index (Phi) is 5.39. The quantitative estimate of drug-likeness (QED) is 0.356. The van der Waals surface area contributed by atoms with Gasteiger partial charge in [-0.2, -0.15) is 0 Å². The van der Waals surface area contributed by atoms with E-state index in [0.29, 0.717) is 61.5 Å². The largest absolute Gasteiger partial charge is 0.508 e. The highest BCUT2D eigenvalue weighted by atomic mass is 19.1. The standard InChI is InChI=1S/C28H25FN6O4/c29-20-13-18-24-26(23(20)32-14-16-2-3-16)39-22-12-17(36)4-5-21(22)35(24)15-19(25(18)37)27(38)33-8-10-34(11-9-33)28-30-6-1-7-31-28/h1,4-7,12-13,15-16,32,36H,2-3,8-11,14H2. The first-order chi connectivity index (χ1) is 19.0. The molecule has 11 heteroatoms. The predicted octanol–water partition coefficient (Wildman–Crippen LogP) is 3.52. The maximum absolute atomic E-state index is 15.5.